The number of rotatable bonds is 3. The molecule has 0 unspecified atom stereocenters. The van der Waals surface area contributed by atoms with Gasteiger partial charge in [-0.25, -0.2) is 0 Å². The van der Waals surface area contributed by atoms with Gasteiger partial charge >= 0.3 is 0 Å². The summed E-state index contributed by atoms with van der Waals surface area (Å²) in [5.74, 6) is -0.458. The van der Waals surface area contributed by atoms with Crippen LogP contribution in [0.1, 0.15) is 5.56 Å². The Morgan fingerprint density at radius 1 is 1.31 bits per heavy atom. The summed E-state index contributed by atoms with van der Waals surface area (Å²) in [6.45, 7) is -0.435. The predicted molar refractivity (Wildman–Crippen MR) is 55.0 cm³/mol. The van der Waals surface area contributed by atoms with Crippen LogP contribution < -0.4 is 0 Å². The van der Waals surface area contributed by atoms with E-state index in [2.05, 4.69) is 10.1 Å². The van der Waals surface area contributed by atoms with Gasteiger partial charge < -0.3 is 20.2 Å². The van der Waals surface area contributed by atoms with Crippen LogP contribution in [0, 0.1) is 5.92 Å². The minimum atomic E-state index is -0.562. The fraction of sp³-hybridized carbons (Fsp3) is 0.400. The number of aromatic nitrogens is 1. The molecule has 6 heteroatoms. The molecule has 1 aliphatic heterocycles. The standard InChI is InChI=1S/C10H12N2O4/c13-4-7-9(5-14)16-12-10(7)6-1-2-11-3-8(6)15/h1-3,7,9,13-15H,4-5H2/t7-,9-/m0/s1. The Bertz CT molecular complexity index is 408. The van der Waals surface area contributed by atoms with Crippen LogP contribution in [-0.4, -0.2) is 45.3 Å². The van der Waals surface area contributed by atoms with Crippen molar-refractivity contribution in [3.63, 3.8) is 0 Å². The van der Waals surface area contributed by atoms with Crippen LogP contribution >= 0.6 is 0 Å². The second-order valence-corrected chi connectivity index (χ2v) is 3.48. The molecule has 0 saturated heterocycles. The average Bonchev–Trinajstić information content (AvgIpc) is 2.72. The second kappa shape index (κ2) is 4.46. The molecule has 3 N–H and O–H groups in total. The normalized spacial score (nSPS) is 24.0. The molecule has 1 aromatic rings. The zero-order chi connectivity index (χ0) is 11.5. The predicted octanol–water partition coefficient (Wildman–Crippen LogP) is -0.509. The maximum atomic E-state index is 9.60. The number of aromatic hydroxyl groups is 1. The van der Waals surface area contributed by atoms with Crippen LogP contribution in [0.15, 0.2) is 23.6 Å². The van der Waals surface area contributed by atoms with Crippen molar-refractivity contribution < 1.29 is 20.2 Å². The minimum Gasteiger partial charge on any atom is -0.506 e. The molecule has 86 valence electrons. The molecule has 0 fully saturated rings. The monoisotopic (exact) mass is 224 g/mol. The number of aliphatic hydroxyl groups is 2. The molecule has 0 aliphatic carbocycles. The summed E-state index contributed by atoms with van der Waals surface area (Å²) < 4.78 is 0. The first kappa shape index (κ1) is 10.8. The van der Waals surface area contributed by atoms with Crippen molar-refractivity contribution in [1.29, 1.82) is 0 Å². The number of hydrogen-bond donors (Lipinski definition) is 3. The van der Waals surface area contributed by atoms with E-state index < -0.39 is 12.0 Å². The zero-order valence-corrected chi connectivity index (χ0v) is 8.45. The van der Waals surface area contributed by atoms with Crippen molar-refractivity contribution in [3.8, 4) is 5.75 Å². The Labute approximate surface area is 91.8 Å². The smallest absolute Gasteiger partial charge is 0.161 e. The van der Waals surface area contributed by atoms with E-state index in [0.717, 1.165) is 0 Å². The molecule has 16 heavy (non-hydrogen) atoms. The van der Waals surface area contributed by atoms with Gasteiger partial charge in [-0.15, -0.1) is 0 Å². The molecule has 2 heterocycles. The van der Waals surface area contributed by atoms with Crippen LogP contribution in [-0.2, 0) is 4.84 Å². The molecule has 0 aromatic carbocycles. The first-order valence-corrected chi connectivity index (χ1v) is 4.86. The summed E-state index contributed by atoms with van der Waals surface area (Å²) in [6, 6.07) is 1.58. The highest BCUT2D eigenvalue weighted by atomic mass is 16.7. The number of aliphatic hydroxyl groups excluding tert-OH is 2. The number of nitrogens with zero attached hydrogens (tertiary/aromatic N) is 2. The lowest BCUT2D eigenvalue weighted by molar-refractivity contribution is 0.00650. The molecule has 1 aromatic heterocycles. The van der Waals surface area contributed by atoms with E-state index in [9.17, 15) is 10.2 Å². The summed E-state index contributed by atoms with van der Waals surface area (Å²) in [6.07, 6.45) is 2.24. The highest BCUT2D eigenvalue weighted by molar-refractivity contribution is 6.05. The van der Waals surface area contributed by atoms with Gasteiger partial charge in [-0.2, -0.15) is 0 Å². The van der Waals surface area contributed by atoms with Gasteiger partial charge in [0.1, 0.15) is 11.5 Å². The third-order valence-electron chi connectivity index (χ3n) is 2.54. The van der Waals surface area contributed by atoms with Gasteiger partial charge in [0.2, 0.25) is 0 Å². The first-order chi connectivity index (χ1) is 7.77. The van der Waals surface area contributed by atoms with Crippen molar-refractivity contribution in [2.24, 2.45) is 11.1 Å². The lowest BCUT2D eigenvalue weighted by atomic mass is 9.93. The lowest BCUT2D eigenvalue weighted by Gasteiger charge is -2.14. The van der Waals surface area contributed by atoms with Crippen molar-refractivity contribution in [2.45, 2.75) is 6.10 Å². The number of oxime groups is 1. The molecular weight excluding hydrogens is 212 g/mol. The Kier molecular flexibility index (Phi) is 3.02. The zero-order valence-electron chi connectivity index (χ0n) is 8.45. The van der Waals surface area contributed by atoms with Gasteiger partial charge in [0.05, 0.1) is 25.3 Å². The van der Waals surface area contributed by atoms with E-state index in [0.29, 0.717) is 11.3 Å². The third-order valence-corrected chi connectivity index (χ3v) is 2.54. The highest BCUT2D eigenvalue weighted by Crippen LogP contribution is 2.26. The van der Waals surface area contributed by atoms with E-state index in [1.54, 1.807) is 6.07 Å². The molecule has 6 nitrogen and oxygen atoms in total. The van der Waals surface area contributed by atoms with E-state index in [-0.39, 0.29) is 19.0 Å². The molecule has 2 atom stereocenters. The van der Waals surface area contributed by atoms with Crippen LogP contribution in [0.2, 0.25) is 0 Å². The molecule has 0 bridgehead atoms. The topological polar surface area (TPSA) is 95.2 Å². The molecule has 0 radical (unpaired) electrons. The molecule has 2 rings (SSSR count). The van der Waals surface area contributed by atoms with E-state index in [1.165, 1.54) is 12.4 Å². The fourth-order valence-corrected chi connectivity index (χ4v) is 1.66. The van der Waals surface area contributed by atoms with Crippen LogP contribution in [0.4, 0.5) is 0 Å². The molecule has 1 aliphatic rings. The molecule has 0 spiro atoms. The Morgan fingerprint density at radius 2 is 2.12 bits per heavy atom. The molecule has 0 saturated carbocycles. The Balaban J connectivity index is 2.32. The lowest BCUT2D eigenvalue weighted by Crippen LogP contribution is -2.30. The third kappa shape index (κ3) is 1.72. The number of pyridine rings is 1. The summed E-state index contributed by atoms with van der Waals surface area (Å²) in [4.78, 5) is 8.72. The second-order valence-electron chi connectivity index (χ2n) is 3.48. The first-order valence-electron chi connectivity index (χ1n) is 4.86. The van der Waals surface area contributed by atoms with Gasteiger partial charge in [-0.05, 0) is 6.07 Å². The van der Waals surface area contributed by atoms with Crippen molar-refractivity contribution >= 4 is 5.71 Å². The minimum absolute atomic E-state index is 0.0260. The highest BCUT2D eigenvalue weighted by Gasteiger charge is 2.35. The van der Waals surface area contributed by atoms with Crippen molar-refractivity contribution in [3.05, 3.63) is 24.0 Å². The van der Waals surface area contributed by atoms with E-state index in [1.807, 2.05) is 0 Å². The maximum absolute atomic E-state index is 9.60. The summed E-state index contributed by atoms with van der Waals surface area (Å²) >= 11 is 0. The van der Waals surface area contributed by atoms with Crippen LogP contribution in [0.3, 0.4) is 0 Å². The van der Waals surface area contributed by atoms with Crippen molar-refractivity contribution in [2.75, 3.05) is 13.2 Å². The molecule has 0 amide bonds. The van der Waals surface area contributed by atoms with Gasteiger partial charge in [0.25, 0.3) is 0 Å². The Hall–Kier alpha value is -1.66. The van der Waals surface area contributed by atoms with E-state index >= 15 is 0 Å². The van der Waals surface area contributed by atoms with E-state index in [4.69, 9.17) is 9.94 Å². The van der Waals surface area contributed by atoms with Gasteiger partial charge in [0.15, 0.2) is 6.10 Å². The summed E-state index contributed by atoms with van der Waals surface area (Å²) in [7, 11) is 0. The van der Waals surface area contributed by atoms with Gasteiger partial charge in [-0.1, -0.05) is 5.16 Å². The SMILES string of the molecule is OC[C@@H]1ON=C(c2ccncc2O)[C@H]1CO. The quantitative estimate of drug-likeness (QED) is 0.642. The Morgan fingerprint density at radius 3 is 2.75 bits per heavy atom. The summed E-state index contributed by atoms with van der Waals surface area (Å²) in [5.41, 5.74) is 0.895. The van der Waals surface area contributed by atoms with Crippen LogP contribution in [0.25, 0.3) is 0 Å². The van der Waals surface area contributed by atoms with Gasteiger partial charge in [0, 0.05) is 11.8 Å². The number of hydrogen-bond acceptors (Lipinski definition) is 6. The maximum Gasteiger partial charge on any atom is 0.161 e. The summed E-state index contributed by atoms with van der Waals surface area (Å²) in [5, 5.41) is 31.6. The fourth-order valence-electron chi connectivity index (χ4n) is 1.66. The average molecular weight is 224 g/mol. The van der Waals surface area contributed by atoms with Crippen LogP contribution in [0.5, 0.6) is 5.75 Å². The van der Waals surface area contributed by atoms with Crippen molar-refractivity contribution in [1.82, 2.24) is 4.98 Å². The largest absolute Gasteiger partial charge is 0.506 e. The molecular formula is C10H12N2O4. The van der Waals surface area contributed by atoms with Gasteiger partial charge in [-0.3, -0.25) is 4.98 Å².